The van der Waals surface area contributed by atoms with Crippen molar-refractivity contribution in [1.82, 2.24) is 15.2 Å². The molecule has 0 spiro atoms. The number of pyridine rings is 1. The Morgan fingerprint density at radius 2 is 2.07 bits per heavy atom. The molecule has 1 fully saturated rings. The Hall–Kier alpha value is -2.76. The van der Waals surface area contributed by atoms with Crippen LogP contribution in [0.25, 0.3) is 0 Å². The van der Waals surface area contributed by atoms with Crippen molar-refractivity contribution in [2.24, 2.45) is 5.92 Å². The van der Waals surface area contributed by atoms with Crippen LogP contribution in [0.1, 0.15) is 42.6 Å². The zero-order chi connectivity index (χ0) is 20.1. The molecule has 2 aromatic rings. The quantitative estimate of drug-likeness (QED) is 0.863. The number of halogens is 1. The highest BCUT2D eigenvalue weighted by Crippen LogP contribution is 2.34. The number of piperidine rings is 1. The number of aryl methyl sites for hydroxylation is 1. The van der Waals surface area contributed by atoms with E-state index in [1.807, 2.05) is 18.2 Å². The van der Waals surface area contributed by atoms with E-state index >= 15 is 0 Å². The van der Waals surface area contributed by atoms with Crippen LogP contribution in [0.4, 0.5) is 4.39 Å². The molecular formula is C22H26FN3O2. The zero-order valence-corrected chi connectivity index (χ0v) is 16.3. The Balaban J connectivity index is 1.60. The third-order valence-electron chi connectivity index (χ3n) is 5.33. The van der Waals surface area contributed by atoms with Crippen LogP contribution in [0.5, 0.6) is 0 Å². The van der Waals surface area contributed by atoms with E-state index in [-0.39, 0.29) is 29.6 Å². The number of carbonyl (C=O) groups is 2. The maximum absolute atomic E-state index is 13.6. The number of rotatable bonds is 5. The van der Waals surface area contributed by atoms with Gasteiger partial charge in [0.05, 0.1) is 12.0 Å². The van der Waals surface area contributed by atoms with Crippen LogP contribution in [-0.2, 0) is 16.0 Å². The Kier molecular flexibility index (Phi) is 6.39. The lowest BCUT2D eigenvalue weighted by Gasteiger charge is -2.39. The van der Waals surface area contributed by atoms with E-state index in [0.29, 0.717) is 37.9 Å². The zero-order valence-electron chi connectivity index (χ0n) is 16.3. The standard InChI is InChI=1S/C22H26FN3O2/c1-15-13-17(6-8-20(15)23)21-9-7-18(14-26(21)16(2)27)22(28)25-12-10-19-5-3-4-11-24-19/h3-6,8,11,13,18,21H,7,9-10,12,14H2,1-2H3,(H,25,28)/t18-,21-/m0/s1. The molecule has 148 valence electrons. The topological polar surface area (TPSA) is 62.3 Å². The summed E-state index contributed by atoms with van der Waals surface area (Å²) in [7, 11) is 0. The van der Waals surface area contributed by atoms with Crippen molar-refractivity contribution < 1.29 is 14.0 Å². The van der Waals surface area contributed by atoms with Crippen LogP contribution in [0.3, 0.4) is 0 Å². The first-order chi connectivity index (χ1) is 13.5. The van der Waals surface area contributed by atoms with Gasteiger partial charge in [-0.15, -0.1) is 0 Å². The van der Waals surface area contributed by atoms with Gasteiger partial charge in [-0.3, -0.25) is 14.6 Å². The van der Waals surface area contributed by atoms with Crippen LogP contribution < -0.4 is 5.32 Å². The second kappa shape index (κ2) is 8.95. The molecule has 0 bridgehead atoms. The largest absolute Gasteiger partial charge is 0.355 e. The van der Waals surface area contributed by atoms with Gasteiger partial charge in [0, 0.05) is 38.3 Å². The first-order valence-corrected chi connectivity index (χ1v) is 9.66. The predicted octanol–water partition coefficient (Wildman–Crippen LogP) is 3.19. The molecular weight excluding hydrogens is 357 g/mol. The highest BCUT2D eigenvalue weighted by Gasteiger charge is 2.34. The molecule has 2 amide bonds. The minimum Gasteiger partial charge on any atom is -0.355 e. The lowest BCUT2D eigenvalue weighted by Crippen LogP contribution is -2.46. The number of nitrogens with zero attached hydrogens (tertiary/aromatic N) is 2. The number of aromatic nitrogens is 1. The van der Waals surface area contributed by atoms with E-state index in [2.05, 4.69) is 10.3 Å². The highest BCUT2D eigenvalue weighted by molar-refractivity contribution is 5.81. The lowest BCUT2D eigenvalue weighted by molar-refractivity contribution is -0.137. The van der Waals surface area contributed by atoms with Gasteiger partial charge in [0.2, 0.25) is 11.8 Å². The molecule has 1 aliphatic rings. The first-order valence-electron chi connectivity index (χ1n) is 9.66. The fourth-order valence-corrected chi connectivity index (χ4v) is 3.76. The maximum atomic E-state index is 13.6. The van der Waals surface area contributed by atoms with E-state index in [9.17, 15) is 14.0 Å². The number of nitrogens with one attached hydrogen (secondary N) is 1. The van der Waals surface area contributed by atoms with Crippen molar-refractivity contribution in [1.29, 1.82) is 0 Å². The molecule has 6 heteroatoms. The number of likely N-dealkylation sites (tertiary alicyclic amines) is 1. The summed E-state index contributed by atoms with van der Waals surface area (Å²) in [6.07, 6.45) is 3.79. The molecule has 0 saturated carbocycles. The first kappa shape index (κ1) is 20.0. The van der Waals surface area contributed by atoms with E-state index in [0.717, 1.165) is 11.3 Å². The van der Waals surface area contributed by atoms with E-state index in [1.165, 1.54) is 13.0 Å². The number of amides is 2. The monoisotopic (exact) mass is 383 g/mol. The second-order valence-electron chi connectivity index (χ2n) is 7.33. The average molecular weight is 383 g/mol. The van der Waals surface area contributed by atoms with Gasteiger partial charge in [0.25, 0.3) is 0 Å². The van der Waals surface area contributed by atoms with Crippen molar-refractivity contribution in [2.75, 3.05) is 13.1 Å². The van der Waals surface area contributed by atoms with Crippen molar-refractivity contribution >= 4 is 11.8 Å². The summed E-state index contributed by atoms with van der Waals surface area (Å²) >= 11 is 0. The Morgan fingerprint density at radius 1 is 1.25 bits per heavy atom. The molecule has 28 heavy (non-hydrogen) atoms. The van der Waals surface area contributed by atoms with E-state index < -0.39 is 0 Å². The molecule has 2 atom stereocenters. The van der Waals surface area contributed by atoms with Gasteiger partial charge in [-0.1, -0.05) is 18.2 Å². The lowest BCUT2D eigenvalue weighted by atomic mass is 9.88. The molecule has 1 N–H and O–H groups in total. The molecule has 2 heterocycles. The molecule has 1 saturated heterocycles. The van der Waals surface area contributed by atoms with Crippen molar-refractivity contribution in [3.63, 3.8) is 0 Å². The summed E-state index contributed by atoms with van der Waals surface area (Å²) in [5, 5.41) is 2.97. The predicted molar refractivity (Wildman–Crippen MR) is 105 cm³/mol. The van der Waals surface area contributed by atoms with Gasteiger partial charge in [0.15, 0.2) is 0 Å². The van der Waals surface area contributed by atoms with Crippen molar-refractivity contribution in [3.05, 3.63) is 65.2 Å². The molecule has 1 aromatic carbocycles. The van der Waals surface area contributed by atoms with Gasteiger partial charge >= 0.3 is 0 Å². The average Bonchev–Trinajstić information content (AvgIpc) is 2.70. The van der Waals surface area contributed by atoms with Crippen LogP contribution in [0, 0.1) is 18.7 Å². The molecule has 1 aromatic heterocycles. The van der Waals surface area contributed by atoms with Gasteiger partial charge < -0.3 is 10.2 Å². The summed E-state index contributed by atoms with van der Waals surface area (Å²) in [6, 6.07) is 10.6. The molecule has 0 unspecified atom stereocenters. The minimum absolute atomic E-state index is 0.0316. The minimum atomic E-state index is -0.251. The molecule has 3 rings (SSSR count). The third kappa shape index (κ3) is 4.74. The highest BCUT2D eigenvalue weighted by atomic mass is 19.1. The molecule has 0 radical (unpaired) electrons. The Labute approximate surface area is 165 Å². The van der Waals surface area contributed by atoms with Crippen LogP contribution in [0.15, 0.2) is 42.6 Å². The smallest absolute Gasteiger partial charge is 0.224 e. The normalized spacial score (nSPS) is 19.3. The second-order valence-corrected chi connectivity index (χ2v) is 7.33. The van der Waals surface area contributed by atoms with Gasteiger partial charge in [-0.25, -0.2) is 4.39 Å². The SMILES string of the molecule is CC(=O)N1C[C@@H](C(=O)NCCc2ccccn2)CC[C@H]1c1ccc(F)c(C)c1. The number of benzene rings is 1. The van der Waals surface area contributed by atoms with Crippen molar-refractivity contribution in [2.45, 2.75) is 39.2 Å². The van der Waals surface area contributed by atoms with Gasteiger partial charge in [-0.05, 0) is 49.1 Å². The third-order valence-corrected chi connectivity index (χ3v) is 5.33. The summed E-state index contributed by atoms with van der Waals surface area (Å²) in [6.45, 7) is 4.14. The summed E-state index contributed by atoms with van der Waals surface area (Å²) in [4.78, 5) is 30.8. The molecule has 1 aliphatic heterocycles. The Morgan fingerprint density at radius 3 is 2.75 bits per heavy atom. The van der Waals surface area contributed by atoms with Gasteiger partial charge in [-0.2, -0.15) is 0 Å². The summed E-state index contributed by atoms with van der Waals surface area (Å²) < 4.78 is 13.6. The van der Waals surface area contributed by atoms with Crippen LogP contribution >= 0.6 is 0 Å². The maximum Gasteiger partial charge on any atom is 0.224 e. The van der Waals surface area contributed by atoms with Crippen LogP contribution in [-0.4, -0.2) is 34.8 Å². The fourth-order valence-electron chi connectivity index (χ4n) is 3.76. The number of hydrogen-bond acceptors (Lipinski definition) is 3. The number of hydrogen-bond donors (Lipinski definition) is 1. The van der Waals surface area contributed by atoms with Crippen molar-refractivity contribution in [3.8, 4) is 0 Å². The fraction of sp³-hybridized carbons (Fsp3) is 0.409. The number of carbonyl (C=O) groups excluding carboxylic acids is 2. The summed E-state index contributed by atoms with van der Waals surface area (Å²) in [5.41, 5.74) is 2.42. The van der Waals surface area contributed by atoms with Crippen LogP contribution in [0.2, 0.25) is 0 Å². The van der Waals surface area contributed by atoms with E-state index in [4.69, 9.17) is 0 Å². The Bertz CT molecular complexity index is 841. The molecule has 0 aliphatic carbocycles. The van der Waals surface area contributed by atoms with Gasteiger partial charge in [0.1, 0.15) is 5.82 Å². The molecule has 5 nitrogen and oxygen atoms in total. The summed E-state index contributed by atoms with van der Waals surface area (Å²) in [5.74, 6) is -0.585. The van der Waals surface area contributed by atoms with E-state index in [1.54, 1.807) is 30.2 Å².